The normalized spacial score (nSPS) is 14.5. The van der Waals surface area contributed by atoms with Gasteiger partial charge < -0.3 is 14.7 Å². The number of hydrogen-bond acceptors (Lipinski definition) is 5. The lowest BCUT2D eigenvalue weighted by Crippen LogP contribution is -2.34. The Morgan fingerprint density at radius 3 is 2.50 bits per heavy atom. The number of rotatable bonds is 5. The van der Waals surface area contributed by atoms with E-state index in [9.17, 15) is 13.2 Å². The van der Waals surface area contributed by atoms with E-state index in [1.807, 2.05) is 41.4 Å². The predicted octanol–water partition coefficient (Wildman–Crippen LogP) is 4.21. The van der Waals surface area contributed by atoms with Crippen molar-refractivity contribution in [1.82, 2.24) is 0 Å². The summed E-state index contributed by atoms with van der Waals surface area (Å²) in [4.78, 5) is 7.64. The number of halogens is 4. The van der Waals surface area contributed by atoms with Gasteiger partial charge in [-0.15, -0.1) is 11.3 Å². The van der Waals surface area contributed by atoms with Gasteiger partial charge in [-0.05, 0) is 48.0 Å². The third-order valence-corrected chi connectivity index (χ3v) is 5.85. The Hall–Kier alpha value is -2.55. The zero-order valence-electron chi connectivity index (χ0n) is 15.4. The van der Waals surface area contributed by atoms with Gasteiger partial charge in [0.25, 0.3) is 0 Å². The maximum atomic E-state index is 12.4. The van der Waals surface area contributed by atoms with E-state index in [1.165, 1.54) is 0 Å². The van der Waals surface area contributed by atoms with E-state index >= 15 is 0 Å². The van der Waals surface area contributed by atoms with Crippen molar-refractivity contribution in [2.45, 2.75) is 12.3 Å². The van der Waals surface area contributed by atoms with Gasteiger partial charge >= 0.3 is 6.18 Å². The number of aliphatic hydroxyl groups is 1. The number of thiophene rings is 1. The Balaban J connectivity index is 1.49. The van der Waals surface area contributed by atoms with Crippen molar-refractivity contribution in [2.75, 3.05) is 18.2 Å². The third kappa shape index (κ3) is 4.61. The van der Waals surface area contributed by atoms with Crippen LogP contribution in [0.5, 0.6) is 5.75 Å². The van der Waals surface area contributed by atoms with Gasteiger partial charge in [-0.1, -0.05) is 23.7 Å². The molecule has 0 bridgehead atoms. The molecule has 30 heavy (non-hydrogen) atoms. The van der Waals surface area contributed by atoms with Gasteiger partial charge in [-0.2, -0.15) is 13.2 Å². The first-order valence-corrected chi connectivity index (χ1v) is 10.2. The smallest absolute Gasteiger partial charge is 0.417 e. The van der Waals surface area contributed by atoms with Gasteiger partial charge in [-0.25, -0.2) is 0 Å². The quantitative estimate of drug-likeness (QED) is 0.631. The highest BCUT2D eigenvalue weighted by Gasteiger charge is 2.38. The molecule has 1 aromatic heterocycles. The van der Waals surface area contributed by atoms with E-state index in [0.717, 1.165) is 26.0 Å². The highest BCUT2D eigenvalue weighted by atomic mass is 35.5. The Labute approximate surface area is 179 Å². The number of aliphatic hydroxyl groups excluding tert-OH is 1. The number of anilines is 1. The number of nitrogens with zero attached hydrogens (tertiary/aromatic N) is 2. The number of benzene rings is 2. The van der Waals surface area contributed by atoms with Gasteiger partial charge in [0, 0.05) is 21.8 Å². The molecule has 0 amide bonds. The van der Waals surface area contributed by atoms with Crippen LogP contribution in [-0.4, -0.2) is 30.7 Å². The molecular weight excluding hydrogens is 437 g/mol. The van der Waals surface area contributed by atoms with Crippen LogP contribution >= 0.6 is 22.9 Å². The predicted molar refractivity (Wildman–Crippen MR) is 111 cm³/mol. The number of ether oxygens (including phenoxy) is 1. The fourth-order valence-corrected chi connectivity index (χ4v) is 4.06. The Kier molecular flexibility index (Phi) is 5.73. The van der Waals surface area contributed by atoms with Crippen LogP contribution in [0.3, 0.4) is 0 Å². The van der Waals surface area contributed by atoms with Crippen molar-refractivity contribution in [3.63, 3.8) is 0 Å². The molecule has 4 rings (SSSR count). The molecule has 0 saturated heterocycles. The largest absolute Gasteiger partial charge is 0.491 e. The Bertz CT molecular complexity index is 1140. The van der Waals surface area contributed by atoms with Crippen molar-refractivity contribution >= 4 is 34.8 Å². The van der Waals surface area contributed by atoms with E-state index < -0.39 is 18.9 Å². The van der Waals surface area contributed by atoms with Gasteiger partial charge in [0.15, 0.2) is 6.10 Å². The minimum absolute atomic E-state index is 0.248. The zero-order valence-corrected chi connectivity index (χ0v) is 17.0. The van der Waals surface area contributed by atoms with E-state index in [2.05, 4.69) is 4.99 Å². The monoisotopic (exact) mass is 452 g/mol. The van der Waals surface area contributed by atoms with Crippen LogP contribution in [0.4, 0.5) is 18.9 Å². The van der Waals surface area contributed by atoms with Crippen LogP contribution in [0.15, 0.2) is 59.6 Å². The molecule has 156 valence electrons. The number of hydrogen-bond donors (Lipinski definition) is 1. The van der Waals surface area contributed by atoms with E-state index in [-0.39, 0.29) is 5.75 Å². The van der Waals surface area contributed by atoms with E-state index in [1.54, 1.807) is 35.6 Å². The molecule has 3 aromatic rings. The lowest BCUT2D eigenvalue weighted by molar-refractivity contribution is -0.210. The summed E-state index contributed by atoms with van der Waals surface area (Å²) in [5, 5.41) is 10.6. The fourth-order valence-electron chi connectivity index (χ4n) is 2.86. The van der Waals surface area contributed by atoms with Crippen LogP contribution in [0.2, 0.25) is 5.02 Å². The van der Waals surface area contributed by atoms with E-state index in [0.29, 0.717) is 11.7 Å². The van der Waals surface area contributed by atoms with Crippen LogP contribution in [0.1, 0.15) is 0 Å². The van der Waals surface area contributed by atoms with Crippen LogP contribution in [0, 0.1) is 0 Å². The lowest BCUT2D eigenvalue weighted by atomic mass is 10.2. The summed E-state index contributed by atoms with van der Waals surface area (Å²) >= 11 is 7.57. The van der Waals surface area contributed by atoms with Crippen LogP contribution in [-0.2, 0) is 0 Å². The maximum Gasteiger partial charge on any atom is 0.417 e. The minimum Gasteiger partial charge on any atom is -0.491 e. The summed E-state index contributed by atoms with van der Waals surface area (Å²) in [5.74, 6) is 0.248. The fraction of sp³-hybridized carbons (Fsp3) is 0.190. The Morgan fingerprint density at radius 2 is 1.83 bits per heavy atom. The molecule has 0 spiro atoms. The van der Waals surface area contributed by atoms with Gasteiger partial charge in [0.05, 0.1) is 9.89 Å². The molecule has 4 nitrogen and oxygen atoms in total. The molecule has 2 heterocycles. The molecule has 0 radical (unpaired) electrons. The van der Waals surface area contributed by atoms with Crippen molar-refractivity contribution in [3.05, 3.63) is 69.5 Å². The second-order valence-electron chi connectivity index (χ2n) is 6.63. The number of fused-ring (bicyclic) bond motifs is 1. The molecule has 9 heteroatoms. The standard InChI is InChI=1S/C21H16ClF3N2O2S/c22-14-3-1-13(2-4-14)18-9-17-19(30-18)10-27(12-26-17)15-5-7-16(8-6-15)29-11-20(28)21(23,24)25/h1-10,20,28H,11-12H2. The van der Waals surface area contributed by atoms with Crippen molar-refractivity contribution in [1.29, 1.82) is 0 Å². The van der Waals surface area contributed by atoms with Crippen molar-refractivity contribution in [3.8, 4) is 16.2 Å². The van der Waals surface area contributed by atoms with Gasteiger partial charge in [-0.3, -0.25) is 4.99 Å². The SMILES string of the molecule is OC(COc1ccc(N2C=c3sc(-c4ccc(Cl)cc4)cc3=NC2)cc1)C(F)(F)F. The summed E-state index contributed by atoms with van der Waals surface area (Å²) in [6.07, 6.45) is -5.22. The Morgan fingerprint density at radius 1 is 1.13 bits per heavy atom. The highest BCUT2D eigenvalue weighted by Crippen LogP contribution is 2.25. The lowest BCUT2D eigenvalue weighted by Gasteiger charge is -2.20. The van der Waals surface area contributed by atoms with Gasteiger partial charge in [0.2, 0.25) is 0 Å². The maximum absolute atomic E-state index is 12.4. The third-order valence-electron chi connectivity index (χ3n) is 4.49. The molecule has 1 atom stereocenters. The average molecular weight is 453 g/mol. The topological polar surface area (TPSA) is 45.1 Å². The molecule has 1 unspecified atom stereocenters. The van der Waals surface area contributed by atoms with Crippen molar-refractivity contribution in [2.24, 2.45) is 4.99 Å². The zero-order chi connectivity index (χ0) is 21.3. The molecule has 0 fully saturated rings. The van der Waals surface area contributed by atoms with Crippen LogP contribution in [0.25, 0.3) is 16.6 Å². The molecule has 1 N–H and O–H groups in total. The first-order chi connectivity index (χ1) is 14.3. The highest BCUT2D eigenvalue weighted by molar-refractivity contribution is 7.13. The first kappa shape index (κ1) is 20.7. The molecule has 2 aromatic carbocycles. The summed E-state index contributed by atoms with van der Waals surface area (Å²) in [6, 6.07) is 16.3. The molecule has 1 aliphatic heterocycles. The molecular formula is C21H16ClF3N2O2S. The second kappa shape index (κ2) is 8.29. The summed E-state index contributed by atoms with van der Waals surface area (Å²) < 4.78 is 43.1. The summed E-state index contributed by atoms with van der Waals surface area (Å²) in [7, 11) is 0. The van der Waals surface area contributed by atoms with Crippen LogP contribution < -0.4 is 19.5 Å². The number of alkyl halides is 3. The molecule has 0 saturated carbocycles. The first-order valence-electron chi connectivity index (χ1n) is 8.96. The summed E-state index contributed by atoms with van der Waals surface area (Å²) in [6.45, 7) is -0.420. The van der Waals surface area contributed by atoms with Gasteiger partial charge in [0.1, 0.15) is 19.0 Å². The average Bonchev–Trinajstić information content (AvgIpc) is 3.15. The van der Waals surface area contributed by atoms with Crippen molar-refractivity contribution < 1.29 is 23.0 Å². The minimum atomic E-state index is -4.70. The summed E-state index contributed by atoms with van der Waals surface area (Å²) in [5.41, 5.74) is 1.89. The molecule has 1 aliphatic rings. The van der Waals surface area contributed by atoms with E-state index in [4.69, 9.17) is 21.4 Å². The molecule has 0 aliphatic carbocycles. The second-order valence-corrected chi connectivity index (χ2v) is 8.15.